The molecule has 0 aliphatic rings. The molecule has 0 aromatic carbocycles. The highest BCUT2D eigenvalue weighted by molar-refractivity contribution is 5.83. The van der Waals surface area contributed by atoms with Crippen molar-refractivity contribution < 1.29 is 9.53 Å². The number of nitrogens with zero attached hydrogens (tertiary/aromatic N) is 1. The van der Waals surface area contributed by atoms with Crippen molar-refractivity contribution in [3.8, 4) is 0 Å². The van der Waals surface area contributed by atoms with Gasteiger partial charge in [-0.1, -0.05) is 6.92 Å². The van der Waals surface area contributed by atoms with Gasteiger partial charge in [0, 0.05) is 36.7 Å². The molecule has 15 heavy (non-hydrogen) atoms. The van der Waals surface area contributed by atoms with Crippen molar-refractivity contribution in [1.29, 1.82) is 0 Å². The number of rotatable bonds is 6. The monoisotopic (exact) mass is 208 g/mol. The number of nitrogen functional groups attached to an aromatic ring is 1. The number of Topliss-reactive ketones (excluding diaryl/α,β-unsaturated/α-hetero) is 1. The Hall–Kier alpha value is -1.42. The van der Waals surface area contributed by atoms with Gasteiger partial charge in [0.1, 0.15) is 6.61 Å². The number of nitrogens with two attached hydrogens (primary N) is 1. The van der Waals surface area contributed by atoms with Crippen molar-refractivity contribution in [2.24, 2.45) is 0 Å². The molecular formula is C11H16N2O2. The lowest BCUT2D eigenvalue weighted by atomic mass is 10.1. The summed E-state index contributed by atoms with van der Waals surface area (Å²) >= 11 is 0. The molecule has 0 saturated heterocycles. The SMILES string of the molecule is CCCOCC(=O)Cc1cnccc1N. The quantitative estimate of drug-likeness (QED) is 0.713. The third-order valence-corrected chi connectivity index (χ3v) is 1.94. The third-order valence-electron chi connectivity index (χ3n) is 1.94. The first-order valence-corrected chi connectivity index (χ1v) is 5.01. The second-order valence-electron chi connectivity index (χ2n) is 3.34. The molecule has 1 rings (SSSR count). The minimum Gasteiger partial charge on any atom is -0.398 e. The van der Waals surface area contributed by atoms with Gasteiger partial charge in [-0.3, -0.25) is 9.78 Å². The minimum atomic E-state index is 0.0307. The largest absolute Gasteiger partial charge is 0.398 e. The van der Waals surface area contributed by atoms with Gasteiger partial charge in [-0.05, 0) is 12.5 Å². The average Bonchev–Trinajstić information content (AvgIpc) is 2.22. The fourth-order valence-electron chi connectivity index (χ4n) is 1.18. The Kier molecular flexibility index (Phi) is 4.77. The summed E-state index contributed by atoms with van der Waals surface area (Å²) < 4.78 is 5.15. The zero-order valence-corrected chi connectivity index (χ0v) is 8.90. The summed E-state index contributed by atoms with van der Waals surface area (Å²) in [6.07, 6.45) is 4.44. The number of anilines is 1. The van der Waals surface area contributed by atoms with Gasteiger partial charge in [0.15, 0.2) is 5.78 Å². The second-order valence-corrected chi connectivity index (χ2v) is 3.34. The Morgan fingerprint density at radius 2 is 2.40 bits per heavy atom. The van der Waals surface area contributed by atoms with Crippen LogP contribution in [0.1, 0.15) is 18.9 Å². The van der Waals surface area contributed by atoms with Crippen LogP contribution in [-0.2, 0) is 16.0 Å². The van der Waals surface area contributed by atoms with Gasteiger partial charge in [-0.25, -0.2) is 0 Å². The zero-order valence-electron chi connectivity index (χ0n) is 8.90. The summed E-state index contributed by atoms with van der Waals surface area (Å²) in [6.45, 7) is 2.78. The van der Waals surface area contributed by atoms with Gasteiger partial charge in [-0.2, -0.15) is 0 Å². The van der Waals surface area contributed by atoms with Crippen molar-refractivity contribution in [1.82, 2.24) is 4.98 Å². The Bertz CT molecular complexity index is 326. The van der Waals surface area contributed by atoms with Crippen LogP contribution in [0.5, 0.6) is 0 Å². The summed E-state index contributed by atoms with van der Waals surface area (Å²) in [5, 5.41) is 0. The van der Waals surface area contributed by atoms with Crippen LogP contribution in [0.3, 0.4) is 0 Å². The normalized spacial score (nSPS) is 10.2. The third kappa shape index (κ3) is 4.08. The maximum Gasteiger partial charge on any atom is 0.162 e. The number of aromatic nitrogens is 1. The number of carbonyl (C=O) groups is 1. The first kappa shape index (κ1) is 11.7. The molecule has 0 aliphatic carbocycles. The Labute approximate surface area is 89.5 Å². The van der Waals surface area contributed by atoms with Crippen LogP contribution in [-0.4, -0.2) is 24.0 Å². The first-order valence-electron chi connectivity index (χ1n) is 5.01. The summed E-state index contributed by atoms with van der Waals surface area (Å²) in [6, 6.07) is 1.69. The van der Waals surface area contributed by atoms with Crippen LogP contribution in [0.4, 0.5) is 5.69 Å². The molecule has 82 valence electrons. The van der Waals surface area contributed by atoms with Gasteiger partial charge >= 0.3 is 0 Å². The van der Waals surface area contributed by atoms with E-state index in [4.69, 9.17) is 10.5 Å². The van der Waals surface area contributed by atoms with E-state index in [2.05, 4.69) is 4.98 Å². The fourth-order valence-corrected chi connectivity index (χ4v) is 1.18. The zero-order chi connectivity index (χ0) is 11.1. The molecule has 1 aromatic heterocycles. The van der Waals surface area contributed by atoms with E-state index in [1.165, 1.54) is 0 Å². The topological polar surface area (TPSA) is 65.2 Å². The molecule has 0 aliphatic heterocycles. The molecule has 1 aromatic rings. The summed E-state index contributed by atoms with van der Waals surface area (Å²) in [7, 11) is 0. The minimum absolute atomic E-state index is 0.0307. The number of ketones is 1. The van der Waals surface area contributed by atoms with Crippen LogP contribution in [0.15, 0.2) is 18.5 Å². The molecule has 0 amide bonds. The van der Waals surface area contributed by atoms with E-state index in [1.807, 2.05) is 6.92 Å². The van der Waals surface area contributed by atoms with E-state index >= 15 is 0 Å². The average molecular weight is 208 g/mol. The lowest BCUT2D eigenvalue weighted by Gasteiger charge is -2.04. The van der Waals surface area contributed by atoms with Gasteiger partial charge in [-0.15, -0.1) is 0 Å². The Morgan fingerprint density at radius 3 is 3.07 bits per heavy atom. The van der Waals surface area contributed by atoms with Crippen LogP contribution in [0.25, 0.3) is 0 Å². The molecule has 0 radical (unpaired) electrons. The highest BCUT2D eigenvalue weighted by Crippen LogP contribution is 2.09. The molecule has 0 fully saturated rings. The van der Waals surface area contributed by atoms with E-state index < -0.39 is 0 Å². The molecule has 0 bridgehead atoms. The highest BCUT2D eigenvalue weighted by Gasteiger charge is 2.06. The second kappa shape index (κ2) is 6.14. The van der Waals surface area contributed by atoms with E-state index in [0.717, 1.165) is 12.0 Å². The lowest BCUT2D eigenvalue weighted by Crippen LogP contribution is -2.13. The van der Waals surface area contributed by atoms with Gasteiger partial charge in [0.05, 0.1) is 0 Å². The van der Waals surface area contributed by atoms with Gasteiger partial charge in [0.2, 0.25) is 0 Å². The maximum absolute atomic E-state index is 11.4. The number of ether oxygens (including phenoxy) is 1. The predicted molar refractivity (Wildman–Crippen MR) is 58.5 cm³/mol. The number of hydrogen-bond acceptors (Lipinski definition) is 4. The van der Waals surface area contributed by atoms with Crippen molar-refractivity contribution in [3.63, 3.8) is 0 Å². The van der Waals surface area contributed by atoms with Crippen molar-refractivity contribution in [2.75, 3.05) is 18.9 Å². The van der Waals surface area contributed by atoms with Crippen molar-refractivity contribution in [2.45, 2.75) is 19.8 Å². The Balaban J connectivity index is 2.41. The van der Waals surface area contributed by atoms with Crippen LogP contribution in [0.2, 0.25) is 0 Å². The number of hydrogen-bond donors (Lipinski definition) is 1. The Morgan fingerprint density at radius 1 is 1.60 bits per heavy atom. The van der Waals surface area contributed by atoms with Crippen LogP contribution < -0.4 is 5.73 Å². The van der Waals surface area contributed by atoms with Crippen LogP contribution >= 0.6 is 0 Å². The summed E-state index contributed by atoms with van der Waals surface area (Å²) in [5.41, 5.74) is 7.06. The van der Waals surface area contributed by atoms with E-state index in [9.17, 15) is 4.79 Å². The summed E-state index contributed by atoms with van der Waals surface area (Å²) in [5.74, 6) is 0.0307. The molecule has 1 heterocycles. The molecule has 0 unspecified atom stereocenters. The smallest absolute Gasteiger partial charge is 0.162 e. The fraction of sp³-hybridized carbons (Fsp3) is 0.455. The maximum atomic E-state index is 11.4. The predicted octanol–water partition coefficient (Wildman–Crippen LogP) is 1.20. The van der Waals surface area contributed by atoms with E-state index in [0.29, 0.717) is 18.7 Å². The van der Waals surface area contributed by atoms with E-state index in [1.54, 1.807) is 18.5 Å². The van der Waals surface area contributed by atoms with Crippen LogP contribution in [0, 0.1) is 0 Å². The number of carbonyl (C=O) groups excluding carboxylic acids is 1. The highest BCUT2D eigenvalue weighted by atomic mass is 16.5. The lowest BCUT2D eigenvalue weighted by molar-refractivity contribution is -0.122. The molecule has 0 saturated carbocycles. The van der Waals surface area contributed by atoms with Gasteiger partial charge in [0.25, 0.3) is 0 Å². The van der Waals surface area contributed by atoms with Gasteiger partial charge < -0.3 is 10.5 Å². The molecular weight excluding hydrogens is 192 g/mol. The number of pyridine rings is 1. The molecule has 4 nitrogen and oxygen atoms in total. The van der Waals surface area contributed by atoms with Crippen molar-refractivity contribution >= 4 is 11.5 Å². The summed E-state index contributed by atoms with van der Waals surface area (Å²) in [4.78, 5) is 15.4. The first-order chi connectivity index (χ1) is 7.24. The standard InChI is InChI=1S/C11H16N2O2/c1-2-5-15-8-10(14)6-9-7-13-4-3-11(9)12/h3-4,7H,2,5-6,8H2,1H3,(H2,12,13). The van der Waals surface area contributed by atoms with Crippen molar-refractivity contribution in [3.05, 3.63) is 24.0 Å². The molecule has 0 atom stereocenters. The molecule has 4 heteroatoms. The molecule has 2 N–H and O–H groups in total. The molecule has 0 spiro atoms. The van der Waals surface area contributed by atoms with E-state index in [-0.39, 0.29) is 12.4 Å².